The van der Waals surface area contributed by atoms with Crippen molar-refractivity contribution in [2.24, 2.45) is 0 Å². The summed E-state index contributed by atoms with van der Waals surface area (Å²) in [5, 5.41) is 19.2. The number of rotatable bonds is 6. The molecule has 0 saturated carbocycles. The molecule has 0 spiro atoms. The number of esters is 1. The molecule has 0 saturated heterocycles. The van der Waals surface area contributed by atoms with Crippen LogP contribution in [-0.2, 0) is 4.74 Å². The molecule has 100 valence electrons. The zero-order chi connectivity index (χ0) is 14.3. The first-order chi connectivity index (χ1) is 9.06. The summed E-state index contributed by atoms with van der Waals surface area (Å²) in [6, 6.07) is 6.29. The van der Waals surface area contributed by atoms with Gasteiger partial charge in [0.1, 0.15) is 5.56 Å². The summed E-state index contributed by atoms with van der Waals surface area (Å²) in [6.07, 6.45) is 1.61. The molecule has 0 amide bonds. The second-order valence-corrected chi connectivity index (χ2v) is 4.03. The molecule has 0 aliphatic carbocycles. The molecule has 0 bridgehead atoms. The second-order valence-electron chi connectivity index (χ2n) is 4.03. The fourth-order valence-corrected chi connectivity index (χ4v) is 1.52. The second kappa shape index (κ2) is 7.11. The highest BCUT2D eigenvalue weighted by Crippen LogP contribution is 2.20. The highest BCUT2D eigenvalue weighted by atomic mass is 16.6. The highest BCUT2D eigenvalue weighted by molar-refractivity contribution is 5.94. The van der Waals surface area contributed by atoms with E-state index in [1.54, 1.807) is 13.0 Å². The first kappa shape index (κ1) is 14.6. The predicted molar refractivity (Wildman–Crippen MR) is 67.6 cm³/mol. The third kappa shape index (κ3) is 4.39. The molecular formula is C13H14N2O4. The van der Waals surface area contributed by atoms with E-state index in [1.807, 2.05) is 6.07 Å². The average Bonchev–Trinajstić information content (AvgIpc) is 2.37. The summed E-state index contributed by atoms with van der Waals surface area (Å²) in [5.41, 5.74) is 0.458. The lowest BCUT2D eigenvalue weighted by molar-refractivity contribution is -0.385. The summed E-state index contributed by atoms with van der Waals surface area (Å²) >= 11 is 0. The van der Waals surface area contributed by atoms with Gasteiger partial charge in [0, 0.05) is 12.5 Å². The number of carbonyl (C=O) groups excluding carboxylic acids is 1. The molecule has 0 fully saturated rings. The highest BCUT2D eigenvalue weighted by Gasteiger charge is 2.21. The van der Waals surface area contributed by atoms with E-state index in [9.17, 15) is 14.9 Å². The van der Waals surface area contributed by atoms with Gasteiger partial charge in [0.25, 0.3) is 5.69 Å². The van der Waals surface area contributed by atoms with Gasteiger partial charge >= 0.3 is 5.97 Å². The Morgan fingerprint density at radius 3 is 2.84 bits per heavy atom. The van der Waals surface area contributed by atoms with Gasteiger partial charge < -0.3 is 4.74 Å². The molecule has 0 aliphatic heterocycles. The molecule has 0 heterocycles. The predicted octanol–water partition coefficient (Wildman–Crippen LogP) is 2.75. The number of hydrogen-bond donors (Lipinski definition) is 0. The van der Waals surface area contributed by atoms with Crippen LogP contribution in [0, 0.1) is 28.4 Å². The minimum atomic E-state index is -0.702. The van der Waals surface area contributed by atoms with Crippen LogP contribution in [0.15, 0.2) is 18.2 Å². The minimum absolute atomic E-state index is 0.0368. The van der Waals surface area contributed by atoms with Crippen LogP contribution < -0.4 is 0 Å². The summed E-state index contributed by atoms with van der Waals surface area (Å²) in [4.78, 5) is 22.0. The first-order valence-electron chi connectivity index (χ1n) is 5.85. The van der Waals surface area contributed by atoms with Gasteiger partial charge in [0.05, 0.1) is 17.6 Å². The molecule has 1 aromatic carbocycles. The maximum absolute atomic E-state index is 11.8. The van der Waals surface area contributed by atoms with Gasteiger partial charge in [-0.05, 0) is 31.4 Å². The number of aryl methyl sites for hydroxylation is 1. The van der Waals surface area contributed by atoms with Crippen LogP contribution >= 0.6 is 0 Å². The largest absolute Gasteiger partial charge is 0.462 e. The Kier molecular flexibility index (Phi) is 5.48. The van der Waals surface area contributed by atoms with Crippen LogP contribution in [0.3, 0.4) is 0 Å². The molecule has 0 aliphatic rings. The molecule has 6 heteroatoms. The van der Waals surface area contributed by atoms with Crippen molar-refractivity contribution >= 4 is 11.7 Å². The number of carbonyl (C=O) groups is 1. The van der Waals surface area contributed by atoms with Gasteiger partial charge in [-0.1, -0.05) is 6.07 Å². The van der Waals surface area contributed by atoms with E-state index in [-0.39, 0.29) is 17.9 Å². The van der Waals surface area contributed by atoms with Crippen molar-refractivity contribution in [2.75, 3.05) is 6.61 Å². The van der Waals surface area contributed by atoms with Crippen LogP contribution in [0.25, 0.3) is 0 Å². The summed E-state index contributed by atoms with van der Waals surface area (Å²) < 4.78 is 4.97. The zero-order valence-electron chi connectivity index (χ0n) is 10.6. The van der Waals surface area contributed by atoms with E-state index in [1.165, 1.54) is 12.1 Å². The van der Waals surface area contributed by atoms with Crippen molar-refractivity contribution in [3.8, 4) is 6.07 Å². The fraction of sp³-hybridized carbons (Fsp3) is 0.385. The molecule has 6 nitrogen and oxygen atoms in total. The van der Waals surface area contributed by atoms with Crippen molar-refractivity contribution in [1.29, 1.82) is 5.26 Å². The van der Waals surface area contributed by atoms with Crippen LogP contribution in [0.1, 0.15) is 35.2 Å². The van der Waals surface area contributed by atoms with Crippen molar-refractivity contribution in [3.05, 3.63) is 39.4 Å². The lowest BCUT2D eigenvalue weighted by Crippen LogP contribution is -2.09. The number of benzene rings is 1. The monoisotopic (exact) mass is 262 g/mol. The number of unbranched alkanes of at least 4 members (excludes halogenated alkanes) is 2. The average molecular weight is 262 g/mol. The molecule has 19 heavy (non-hydrogen) atoms. The SMILES string of the molecule is Cc1ccc([N+](=O)[O-])c(C(=O)OCCCCC#N)c1. The molecular weight excluding hydrogens is 248 g/mol. The maximum atomic E-state index is 11.8. The number of hydrogen-bond acceptors (Lipinski definition) is 5. The molecule has 0 aromatic heterocycles. The fourth-order valence-electron chi connectivity index (χ4n) is 1.52. The van der Waals surface area contributed by atoms with E-state index in [2.05, 4.69) is 0 Å². The van der Waals surface area contributed by atoms with Crippen molar-refractivity contribution in [3.63, 3.8) is 0 Å². The Labute approximate surface area is 110 Å². The molecule has 0 radical (unpaired) electrons. The number of nitriles is 1. The molecule has 1 aromatic rings. The van der Waals surface area contributed by atoms with Gasteiger partial charge in [-0.25, -0.2) is 4.79 Å². The molecule has 0 atom stereocenters. The lowest BCUT2D eigenvalue weighted by atomic mass is 10.1. The lowest BCUT2D eigenvalue weighted by Gasteiger charge is -2.05. The number of nitrogens with zero attached hydrogens (tertiary/aromatic N) is 2. The van der Waals surface area contributed by atoms with E-state index in [4.69, 9.17) is 10.00 Å². The topological polar surface area (TPSA) is 93.2 Å². The third-order valence-corrected chi connectivity index (χ3v) is 2.48. The van der Waals surface area contributed by atoms with Crippen LogP contribution in [-0.4, -0.2) is 17.5 Å². The van der Waals surface area contributed by atoms with Crippen molar-refractivity contribution < 1.29 is 14.5 Å². The van der Waals surface area contributed by atoms with Gasteiger partial charge in [0.15, 0.2) is 0 Å². The zero-order valence-corrected chi connectivity index (χ0v) is 10.6. The quantitative estimate of drug-likeness (QED) is 0.340. The Morgan fingerprint density at radius 2 is 2.21 bits per heavy atom. The normalized spacial score (nSPS) is 9.68. The Bertz CT molecular complexity index is 520. The van der Waals surface area contributed by atoms with Gasteiger partial charge in [-0.2, -0.15) is 5.26 Å². The molecule has 0 N–H and O–H groups in total. The molecule has 0 unspecified atom stereocenters. The first-order valence-corrected chi connectivity index (χ1v) is 5.85. The number of ether oxygens (including phenoxy) is 1. The summed E-state index contributed by atoms with van der Waals surface area (Å²) in [7, 11) is 0. The van der Waals surface area contributed by atoms with Gasteiger partial charge in [0.2, 0.25) is 0 Å². The minimum Gasteiger partial charge on any atom is -0.462 e. The van der Waals surface area contributed by atoms with E-state index in [0.717, 1.165) is 5.56 Å². The Hall–Kier alpha value is -2.42. The number of nitro groups is 1. The van der Waals surface area contributed by atoms with Crippen LogP contribution in [0.5, 0.6) is 0 Å². The number of nitro benzene ring substituents is 1. The van der Waals surface area contributed by atoms with Gasteiger partial charge in [-0.15, -0.1) is 0 Å². The smallest absolute Gasteiger partial charge is 0.345 e. The Balaban J connectivity index is 2.68. The Morgan fingerprint density at radius 1 is 1.47 bits per heavy atom. The van der Waals surface area contributed by atoms with Crippen molar-refractivity contribution in [2.45, 2.75) is 26.2 Å². The third-order valence-electron chi connectivity index (χ3n) is 2.48. The van der Waals surface area contributed by atoms with E-state index >= 15 is 0 Å². The standard InChI is InChI=1S/C13H14N2O4/c1-10-5-6-12(15(17)18)11(9-10)13(16)19-8-4-2-3-7-14/h5-6,9H,2-4,8H2,1H3. The van der Waals surface area contributed by atoms with E-state index in [0.29, 0.717) is 19.3 Å². The van der Waals surface area contributed by atoms with E-state index < -0.39 is 10.9 Å². The molecule has 1 rings (SSSR count). The summed E-state index contributed by atoms with van der Waals surface area (Å²) in [6.45, 7) is 1.90. The van der Waals surface area contributed by atoms with Crippen LogP contribution in [0.2, 0.25) is 0 Å². The van der Waals surface area contributed by atoms with Gasteiger partial charge in [-0.3, -0.25) is 10.1 Å². The summed E-state index contributed by atoms with van der Waals surface area (Å²) in [5.74, 6) is -0.702. The van der Waals surface area contributed by atoms with Crippen molar-refractivity contribution in [1.82, 2.24) is 0 Å². The van der Waals surface area contributed by atoms with Crippen LogP contribution in [0.4, 0.5) is 5.69 Å². The maximum Gasteiger partial charge on any atom is 0.345 e.